The van der Waals surface area contributed by atoms with E-state index in [0.29, 0.717) is 12.6 Å². The van der Waals surface area contributed by atoms with Gasteiger partial charge in [-0.1, -0.05) is 24.3 Å². The van der Waals surface area contributed by atoms with Crippen LogP contribution >= 0.6 is 0 Å². The van der Waals surface area contributed by atoms with Crippen molar-refractivity contribution >= 4 is 0 Å². The first-order valence-corrected chi connectivity index (χ1v) is 7.05. The summed E-state index contributed by atoms with van der Waals surface area (Å²) in [6.07, 6.45) is 3.50. The highest BCUT2D eigenvalue weighted by atomic mass is 16.5. The molecule has 0 spiro atoms. The third kappa shape index (κ3) is 3.79. The summed E-state index contributed by atoms with van der Waals surface area (Å²) in [5.74, 6) is 0. The fraction of sp³-hybridized carbons (Fsp3) is 0.562. The quantitative estimate of drug-likeness (QED) is 0.883. The fourth-order valence-electron chi connectivity index (χ4n) is 2.62. The lowest BCUT2D eigenvalue weighted by atomic mass is 9.89. The summed E-state index contributed by atoms with van der Waals surface area (Å²) in [5, 5.41) is 12.3. The maximum atomic E-state index is 9.11. The van der Waals surface area contributed by atoms with Gasteiger partial charge < -0.3 is 4.74 Å². The number of benzene rings is 1. The topological polar surface area (TPSA) is 45.0 Å². The van der Waals surface area contributed by atoms with Crippen LogP contribution in [0.2, 0.25) is 0 Å². The van der Waals surface area contributed by atoms with E-state index in [1.807, 2.05) is 13.8 Å². The smallest absolute Gasteiger partial charge is 0.119 e. The molecule has 1 N–H and O–H groups in total. The van der Waals surface area contributed by atoms with Gasteiger partial charge in [-0.05, 0) is 44.2 Å². The molecule has 2 rings (SSSR count). The van der Waals surface area contributed by atoms with Crippen LogP contribution in [0, 0.1) is 11.3 Å². The number of ether oxygens (including phenoxy) is 1. The van der Waals surface area contributed by atoms with Crippen LogP contribution < -0.4 is 5.32 Å². The zero-order chi connectivity index (χ0) is 13.7. The van der Waals surface area contributed by atoms with Crippen molar-refractivity contribution in [2.75, 3.05) is 6.61 Å². The Kier molecular flexibility index (Phi) is 4.95. The third-order valence-corrected chi connectivity index (χ3v) is 3.47. The molecule has 2 unspecified atom stereocenters. The van der Waals surface area contributed by atoms with Crippen LogP contribution in [0.5, 0.6) is 0 Å². The van der Waals surface area contributed by atoms with Gasteiger partial charge in [0.1, 0.15) is 6.04 Å². The molecule has 0 amide bonds. The number of fused-ring (bicyclic) bond motifs is 1. The Labute approximate surface area is 115 Å². The first kappa shape index (κ1) is 14.0. The van der Waals surface area contributed by atoms with Gasteiger partial charge in [0.05, 0.1) is 18.8 Å². The van der Waals surface area contributed by atoms with Crippen molar-refractivity contribution in [3.8, 4) is 6.07 Å². The molecular weight excluding hydrogens is 236 g/mol. The summed E-state index contributed by atoms with van der Waals surface area (Å²) < 4.78 is 5.98. The number of aryl methyl sites for hydroxylation is 1. The number of nitrogens with one attached hydrogen (secondary N) is 1. The number of nitriles is 1. The highest BCUT2D eigenvalue weighted by molar-refractivity contribution is 5.31. The van der Waals surface area contributed by atoms with Crippen molar-refractivity contribution in [2.24, 2.45) is 0 Å². The Balaban J connectivity index is 1.96. The van der Waals surface area contributed by atoms with Gasteiger partial charge in [-0.15, -0.1) is 0 Å². The van der Waals surface area contributed by atoms with Crippen LogP contribution in [0.4, 0.5) is 0 Å². The minimum absolute atomic E-state index is 0.148. The summed E-state index contributed by atoms with van der Waals surface area (Å²) >= 11 is 0. The summed E-state index contributed by atoms with van der Waals surface area (Å²) in [5.41, 5.74) is 2.69. The Morgan fingerprint density at radius 1 is 1.42 bits per heavy atom. The first-order valence-electron chi connectivity index (χ1n) is 7.05. The van der Waals surface area contributed by atoms with E-state index in [4.69, 9.17) is 10.00 Å². The van der Waals surface area contributed by atoms with E-state index >= 15 is 0 Å². The SMILES string of the molecule is CC(C)NC(C#N)COC1CCCc2ccccc21. The van der Waals surface area contributed by atoms with Crippen LogP contribution in [-0.2, 0) is 11.2 Å². The maximum Gasteiger partial charge on any atom is 0.119 e. The maximum absolute atomic E-state index is 9.11. The predicted octanol–water partition coefficient (Wildman–Crippen LogP) is 2.97. The Morgan fingerprint density at radius 2 is 2.21 bits per heavy atom. The molecule has 19 heavy (non-hydrogen) atoms. The second-order valence-electron chi connectivity index (χ2n) is 5.42. The molecule has 1 aliphatic rings. The van der Waals surface area contributed by atoms with Crippen molar-refractivity contribution in [3.05, 3.63) is 35.4 Å². The molecule has 102 valence electrons. The van der Waals surface area contributed by atoms with Crippen molar-refractivity contribution in [3.63, 3.8) is 0 Å². The second-order valence-corrected chi connectivity index (χ2v) is 5.42. The van der Waals surface area contributed by atoms with Crippen LogP contribution in [0.25, 0.3) is 0 Å². The average molecular weight is 258 g/mol. The molecule has 3 heteroatoms. The van der Waals surface area contributed by atoms with Gasteiger partial charge in [0.15, 0.2) is 0 Å². The molecule has 2 atom stereocenters. The molecule has 3 nitrogen and oxygen atoms in total. The minimum atomic E-state index is -0.228. The number of hydrogen-bond acceptors (Lipinski definition) is 3. The molecule has 0 aliphatic heterocycles. The monoisotopic (exact) mass is 258 g/mol. The molecule has 0 fully saturated rings. The van der Waals surface area contributed by atoms with Gasteiger partial charge in [-0.25, -0.2) is 0 Å². The average Bonchev–Trinajstić information content (AvgIpc) is 2.43. The van der Waals surface area contributed by atoms with Crippen LogP contribution in [0.1, 0.15) is 43.9 Å². The molecule has 0 saturated carbocycles. The molecule has 0 radical (unpaired) electrons. The van der Waals surface area contributed by atoms with Gasteiger partial charge in [-0.3, -0.25) is 5.32 Å². The molecule has 1 aliphatic carbocycles. The van der Waals surface area contributed by atoms with E-state index in [1.165, 1.54) is 11.1 Å². The highest BCUT2D eigenvalue weighted by Crippen LogP contribution is 2.32. The normalized spacial score (nSPS) is 19.8. The lowest BCUT2D eigenvalue weighted by molar-refractivity contribution is 0.0331. The Hall–Kier alpha value is -1.37. The van der Waals surface area contributed by atoms with Crippen LogP contribution in [0.3, 0.4) is 0 Å². The summed E-state index contributed by atoms with van der Waals surface area (Å²) in [6.45, 7) is 4.54. The third-order valence-electron chi connectivity index (χ3n) is 3.47. The Bertz CT molecular complexity index is 450. The van der Waals surface area contributed by atoms with Crippen LogP contribution in [-0.4, -0.2) is 18.7 Å². The van der Waals surface area contributed by atoms with Crippen molar-refractivity contribution < 1.29 is 4.74 Å². The van der Waals surface area contributed by atoms with Gasteiger partial charge in [0.2, 0.25) is 0 Å². The molecule has 1 aromatic rings. The molecule has 0 bridgehead atoms. The largest absolute Gasteiger partial charge is 0.371 e. The minimum Gasteiger partial charge on any atom is -0.371 e. The Morgan fingerprint density at radius 3 is 2.95 bits per heavy atom. The number of rotatable bonds is 5. The number of nitrogens with zero attached hydrogens (tertiary/aromatic N) is 1. The highest BCUT2D eigenvalue weighted by Gasteiger charge is 2.21. The van der Waals surface area contributed by atoms with Crippen molar-refractivity contribution in [1.29, 1.82) is 5.26 Å². The molecular formula is C16H22N2O. The molecule has 0 aromatic heterocycles. The van der Waals surface area contributed by atoms with Gasteiger partial charge in [0.25, 0.3) is 0 Å². The van der Waals surface area contributed by atoms with E-state index in [-0.39, 0.29) is 12.1 Å². The van der Waals surface area contributed by atoms with E-state index in [0.717, 1.165) is 19.3 Å². The van der Waals surface area contributed by atoms with Gasteiger partial charge in [-0.2, -0.15) is 5.26 Å². The van der Waals surface area contributed by atoms with E-state index < -0.39 is 0 Å². The van der Waals surface area contributed by atoms with Gasteiger partial charge >= 0.3 is 0 Å². The van der Waals surface area contributed by atoms with E-state index in [2.05, 4.69) is 35.7 Å². The van der Waals surface area contributed by atoms with E-state index in [9.17, 15) is 0 Å². The standard InChI is InChI=1S/C16H22N2O/c1-12(2)18-14(10-17)11-19-16-9-5-7-13-6-3-4-8-15(13)16/h3-4,6,8,12,14,16,18H,5,7,9,11H2,1-2H3. The zero-order valence-electron chi connectivity index (χ0n) is 11.7. The number of hydrogen-bond donors (Lipinski definition) is 1. The van der Waals surface area contributed by atoms with Crippen molar-refractivity contribution in [2.45, 2.75) is 51.3 Å². The second kappa shape index (κ2) is 6.70. The molecule has 1 aromatic carbocycles. The zero-order valence-corrected chi connectivity index (χ0v) is 11.7. The lowest BCUT2D eigenvalue weighted by Gasteiger charge is -2.27. The summed E-state index contributed by atoms with van der Waals surface area (Å²) in [6, 6.07) is 10.8. The summed E-state index contributed by atoms with van der Waals surface area (Å²) in [7, 11) is 0. The molecule has 0 saturated heterocycles. The lowest BCUT2D eigenvalue weighted by Crippen LogP contribution is -2.37. The fourth-order valence-corrected chi connectivity index (χ4v) is 2.62. The van der Waals surface area contributed by atoms with Crippen LogP contribution in [0.15, 0.2) is 24.3 Å². The first-order chi connectivity index (χ1) is 9.20. The summed E-state index contributed by atoms with van der Waals surface area (Å²) in [4.78, 5) is 0. The predicted molar refractivity (Wildman–Crippen MR) is 75.7 cm³/mol. The van der Waals surface area contributed by atoms with Crippen molar-refractivity contribution in [1.82, 2.24) is 5.32 Å². The molecule has 0 heterocycles. The van der Waals surface area contributed by atoms with E-state index in [1.54, 1.807) is 0 Å². The van der Waals surface area contributed by atoms with Gasteiger partial charge in [0, 0.05) is 6.04 Å².